The maximum absolute atomic E-state index is 13.7. The van der Waals surface area contributed by atoms with Crippen LogP contribution in [0.5, 0.6) is 11.5 Å². The number of hydrogen-bond acceptors (Lipinski definition) is 18. The van der Waals surface area contributed by atoms with Gasteiger partial charge in [-0.1, -0.05) is 132 Å². The lowest BCUT2D eigenvalue weighted by atomic mass is 9.80. The van der Waals surface area contributed by atoms with Gasteiger partial charge in [0.1, 0.15) is 61.7 Å². The molecular formula is C61H66N7O14PSSi. The number of H-pyrrole nitrogens is 2. The van der Waals surface area contributed by atoms with Gasteiger partial charge in [-0.3, -0.25) is 33.5 Å². The number of anilines is 1. The Kier molecular flexibility index (Phi) is 18.7. The number of aromatic amines is 2. The lowest BCUT2D eigenvalue weighted by Gasteiger charge is -2.37. The van der Waals surface area contributed by atoms with Gasteiger partial charge < -0.3 is 52.5 Å². The molecule has 0 spiro atoms. The first-order valence-corrected chi connectivity index (χ1v) is 33.0. The van der Waals surface area contributed by atoms with Crippen molar-refractivity contribution in [1.29, 1.82) is 0 Å². The van der Waals surface area contributed by atoms with E-state index in [0.29, 0.717) is 17.5 Å². The molecule has 0 aliphatic carbocycles. The van der Waals surface area contributed by atoms with Gasteiger partial charge in [-0.2, -0.15) is 4.98 Å². The standard InChI is InChI=1S/C61H66N7O14PSSi/c1-39-35-67(60(73)66-57(39)71)52-34-49(50(79-52)36-76-61(41-15-9-6-10-16-41,42-22-26-44(74-3)27-23-42)43-24-28-45(75-4)29-25-43)82-83(84,77-31-32-85(5,46-17-11-7-12-18-46)47-19-13-8-14-20-47)78-37-51-48(81-54(70)30-21-40(2)69)33-53(80-51)68-38-63-55-56(68)64-59(62)65-58(55)72/h6-20,22-29,35,38,48-53H,21,30-34,36-37H2,1-5H3,(H,66,71,73)(H3,62,64,65,72)/t48-,49-,50+,51+,52+,53+,83?/m0/s1. The fourth-order valence-corrected chi connectivity index (χ4v) is 16.5. The van der Waals surface area contributed by atoms with E-state index in [1.807, 2.05) is 115 Å². The van der Waals surface area contributed by atoms with E-state index in [-0.39, 0.29) is 74.0 Å². The second-order valence-corrected chi connectivity index (χ2v) is 28.3. The molecule has 0 amide bonds. The molecule has 1 unspecified atom stereocenters. The van der Waals surface area contributed by atoms with Crippen LogP contribution in [0.4, 0.5) is 5.95 Å². The number of benzene rings is 5. The number of nitrogens with one attached hydrogen (secondary N) is 2. The number of nitrogens with zero attached hydrogens (tertiary/aromatic N) is 4. The zero-order valence-corrected chi connectivity index (χ0v) is 50.2. The van der Waals surface area contributed by atoms with Gasteiger partial charge in [-0.15, -0.1) is 0 Å². The lowest BCUT2D eigenvalue weighted by molar-refractivity contribution is -0.153. The molecule has 2 aliphatic rings. The summed E-state index contributed by atoms with van der Waals surface area (Å²) in [5, 5.41) is 2.32. The average Bonchev–Trinajstić information content (AvgIpc) is 1.98. The van der Waals surface area contributed by atoms with Crippen LogP contribution in [0, 0.1) is 6.92 Å². The van der Waals surface area contributed by atoms with Crippen molar-refractivity contribution < 1.29 is 51.6 Å². The van der Waals surface area contributed by atoms with E-state index in [0.717, 1.165) is 27.1 Å². The van der Waals surface area contributed by atoms with E-state index < -0.39 is 80.0 Å². The molecule has 0 saturated carbocycles. The topological polar surface area (TPSA) is 262 Å². The van der Waals surface area contributed by atoms with Crippen molar-refractivity contribution in [1.82, 2.24) is 29.1 Å². The van der Waals surface area contributed by atoms with Crippen LogP contribution in [-0.4, -0.2) is 107 Å². The molecule has 3 aromatic heterocycles. The smallest absolute Gasteiger partial charge is 0.330 e. The van der Waals surface area contributed by atoms with Crippen molar-refractivity contribution in [3.8, 4) is 11.5 Å². The minimum atomic E-state index is -4.06. The summed E-state index contributed by atoms with van der Waals surface area (Å²) in [7, 11) is 0.603. The molecule has 2 aliphatic heterocycles. The van der Waals surface area contributed by atoms with Crippen molar-refractivity contribution in [2.75, 3.05) is 39.8 Å². The Morgan fingerprint density at radius 2 is 1.28 bits per heavy atom. The second kappa shape index (κ2) is 26.3. The molecule has 10 rings (SSSR count). The van der Waals surface area contributed by atoms with Crippen molar-refractivity contribution in [2.45, 2.75) is 94.6 Å². The number of rotatable bonds is 25. The number of methoxy groups -OCH3 is 2. The number of hydrogen-bond donors (Lipinski definition) is 3. The minimum Gasteiger partial charge on any atom is -0.497 e. The predicted molar refractivity (Wildman–Crippen MR) is 323 cm³/mol. The number of nitrogen functional groups attached to an aromatic ring is 1. The number of carbonyl (C=O) groups is 2. The molecule has 85 heavy (non-hydrogen) atoms. The van der Waals surface area contributed by atoms with Gasteiger partial charge in [-0.25, -0.2) is 9.78 Å². The molecule has 7 atom stereocenters. The number of Topliss-reactive ketones (excluding diaryl/α,β-unsaturated/α-hetero) is 1. The molecule has 0 radical (unpaired) electrons. The fourth-order valence-electron chi connectivity index (χ4n) is 10.9. The number of fused-ring (bicyclic) bond motifs is 1. The molecular weight excluding hydrogens is 1150 g/mol. The number of ether oxygens (including phenoxy) is 6. The third kappa shape index (κ3) is 13.4. The largest absolute Gasteiger partial charge is 0.497 e. The number of aryl methyl sites for hydroxylation is 1. The number of nitrogens with two attached hydrogens (primary N) is 1. The van der Waals surface area contributed by atoms with E-state index in [4.69, 9.17) is 59.5 Å². The predicted octanol–water partition coefficient (Wildman–Crippen LogP) is 6.98. The van der Waals surface area contributed by atoms with Crippen molar-refractivity contribution in [3.63, 3.8) is 0 Å². The Balaban J connectivity index is 1.03. The molecule has 24 heteroatoms. The third-order valence-electron chi connectivity index (χ3n) is 15.5. The molecule has 2 saturated heterocycles. The summed E-state index contributed by atoms with van der Waals surface area (Å²) in [5.41, 5.74) is 5.50. The Labute approximate surface area is 495 Å². The molecule has 5 aromatic carbocycles. The van der Waals surface area contributed by atoms with Crippen LogP contribution in [0.3, 0.4) is 0 Å². The SMILES string of the molecule is COc1ccc(C(OC[C@H]2O[C@@H](n3cc(C)c(=O)[nH]c3=O)C[C@@H]2OP(=S)(OCC[Si](C)(c2ccccc2)c2ccccc2)OC[C@H]2O[C@@H](n3cnc4c(=O)[nH]c(N)nc43)C[C@@H]2OC(=O)CCC(C)=O)(c2ccccc2)c2ccc(OC)cc2)cc1. The summed E-state index contributed by atoms with van der Waals surface area (Å²) in [6.45, 7) is 0.703. The monoisotopic (exact) mass is 1210 g/mol. The molecule has 2 fully saturated rings. The van der Waals surface area contributed by atoms with E-state index >= 15 is 0 Å². The van der Waals surface area contributed by atoms with Gasteiger partial charge in [0.15, 0.2) is 11.2 Å². The maximum Gasteiger partial charge on any atom is 0.330 e. The number of imidazole rings is 1. The summed E-state index contributed by atoms with van der Waals surface area (Å²) in [4.78, 5) is 78.3. The van der Waals surface area contributed by atoms with Gasteiger partial charge in [-0.05, 0) is 72.7 Å². The molecule has 8 aromatic rings. The van der Waals surface area contributed by atoms with Gasteiger partial charge in [0.05, 0.1) is 52.9 Å². The number of ketones is 1. The van der Waals surface area contributed by atoms with Crippen LogP contribution in [-0.2, 0) is 59.5 Å². The normalized spacial score (nSPS) is 19.6. The van der Waals surface area contributed by atoms with Gasteiger partial charge in [0, 0.05) is 31.0 Å². The Morgan fingerprint density at radius 1 is 0.729 bits per heavy atom. The Hall–Kier alpha value is -7.70. The first-order chi connectivity index (χ1) is 41.0. The average molecular weight is 1210 g/mol. The van der Waals surface area contributed by atoms with Crippen LogP contribution >= 0.6 is 6.72 Å². The molecule has 4 N–H and O–H groups in total. The van der Waals surface area contributed by atoms with Crippen molar-refractivity contribution >= 4 is 65.8 Å². The molecule has 21 nitrogen and oxygen atoms in total. The highest BCUT2D eigenvalue weighted by Gasteiger charge is 2.47. The van der Waals surface area contributed by atoms with Crippen molar-refractivity contribution in [2.24, 2.45) is 0 Å². The highest BCUT2D eigenvalue weighted by Crippen LogP contribution is 2.55. The van der Waals surface area contributed by atoms with Crippen LogP contribution in [0.15, 0.2) is 166 Å². The van der Waals surface area contributed by atoms with Crippen LogP contribution < -0.4 is 42.4 Å². The van der Waals surface area contributed by atoms with Gasteiger partial charge in [0.2, 0.25) is 5.95 Å². The Bertz CT molecular complexity index is 3770. The first-order valence-electron chi connectivity index (χ1n) is 27.7. The summed E-state index contributed by atoms with van der Waals surface area (Å²) in [6.07, 6.45) is -3.37. The van der Waals surface area contributed by atoms with Crippen LogP contribution in [0.1, 0.15) is 67.3 Å². The minimum absolute atomic E-state index is 0.00418. The lowest BCUT2D eigenvalue weighted by Crippen LogP contribution is -2.56. The molecule has 444 valence electrons. The summed E-state index contributed by atoms with van der Waals surface area (Å²) in [6, 6.07) is 45.8. The summed E-state index contributed by atoms with van der Waals surface area (Å²) < 4.78 is 61.9. The number of esters is 1. The molecule has 5 heterocycles. The first kappa shape index (κ1) is 60.4. The fraction of sp³-hybridized carbons (Fsp3) is 0.328. The zero-order chi connectivity index (χ0) is 59.9. The van der Waals surface area contributed by atoms with Crippen molar-refractivity contribution in [3.05, 3.63) is 205 Å². The van der Waals surface area contributed by atoms with Gasteiger partial charge in [0.25, 0.3) is 11.1 Å². The number of carbonyl (C=O) groups excluding carboxylic acids is 2. The molecule has 0 bridgehead atoms. The zero-order valence-electron chi connectivity index (χ0n) is 47.5. The van der Waals surface area contributed by atoms with Crippen LogP contribution in [0.2, 0.25) is 12.6 Å². The quantitative estimate of drug-likeness (QED) is 0.0226. The number of aromatic nitrogens is 6. The van der Waals surface area contributed by atoms with Gasteiger partial charge >= 0.3 is 18.4 Å². The van der Waals surface area contributed by atoms with E-state index in [1.165, 1.54) is 28.6 Å². The highest BCUT2D eigenvalue weighted by atomic mass is 32.5. The Morgan fingerprint density at radius 3 is 1.87 bits per heavy atom. The summed E-state index contributed by atoms with van der Waals surface area (Å²) in [5.74, 6) is 0.266. The van der Waals surface area contributed by atoms with E-state index in [9.17, 15) is 24.0 Å². The van der Waals surface area contributed by atoms with Crippen LogP contribution in [0.25, 0.3) is 11.2 Å². The van der Waals surface area contributed by atoms with E-state index in [2.05, 4.69) is 50.7 Å². The summed E-state index contributed by atoms with van der Waals surface area (Å²) >= 11 is 6.54. The maximum atomic E-state index is 13.7. The second-order valence-electron chi connectivity index (χ2n) is 21.1. The third-order valence-corrected chi connectivity index (χ3v) is 22.3. The highest BCUT2D eigenvalue weighted by molar-refractivity contribution is 8.07. The van der Waals surface area contributed by atoms with E-state index in [1.54, 1.807) is 21.1 Å².